The predicted octanol–water partition coefficient (Wildman–Crippen LogP) is 5.83. The minimum absolute atomic E-state index is 0.0185. The molecule has 0 spiro atoms. The summed E-state index contributed by atoms with van der Waals surface area (Å²) in [4.78, 5) is 26.9. The van der Waals surface area contributed by atoms with Gasteiger partial charge in [-0.25, -0.2) is 0 Å². The third-order valence-electron chi connectivity index (χ3n) is 5.64. The number of benzene rings is 1. The van der Waals surface area contributed by atoms with Crippen molar-refractivity contribution < 1.29 is 19.1 Å². The van der Waals surface area contributed by atoms with Gasteiger partial charge in [0.25, 0.3) is 11.8 Å². The second-order valence-electron chi connectivity index (χ2n) is 8.19. The summed E-state index contributed by atoms with van der Waals surface area (Å²) in [5.41, 5.74) is 1.53. The van der Waals surface area contributed by atoms with Crippen molar-refractivity contribution in [1.82, 2.24) is 4.90 Å². The number of amides is 2. The maximum Gasteiger partial charge on any atom is 0.271 e. The molecule has 0 N–H and O–H groups in total. The number of ether oxygens (including phenoxy) is 2. The molecular weight excluding hydrogens is 416 g/mol. The quantitative estimate of drug-likeness (QED) is 0.214. The number of rotatable bonds is 13. The molecule has 0 radical (unpaired) electrons. The van der Waals surface area contributed by atoms with E-state index in [1.54, 1.807) is 13.0 Å². The van der Waals surface area contributed by atoms with Gasteiger partial charge in [-0.2, -0.15) is 5.26 Å². The SMILES string of the molecule is CCCCCCCOc1ccc(/C=C2/C(=O)N(CCCC)C(=O)C(C#N)=C2C)cc1OCC. The fourth-order valence-electron chi connectivity index (χ4n) is 3.71. The van der Waals surface area contributed by atoms with Crippen molar-refractivity contribution in [3.63, 3.8) is 0 Å². The molecule has 0 fully saturated rings. The van der Waals surface area contributed by atoms with Crippen LogP contribution in [0, 0.1) is 11.3 Å². The van der Waals surface area contributed by atoms with Crippen molar-refractivity contribution in [3.05, 3.63) is 40.5 Å². The lowest BCUT2D eigenvalue weighted by molar-refractivity contribution is -0.140. The van der Waals surface area contributed by atoms with E-state index in [1.807, 2.05) is 38.1 Å². The van der Waals surface area contributed by atoms with Gasteiger partial charge in [-0.1, -0.05) is 52.0 Å². The molecule has 6 nitrogen and oxygen atoms in total. The fraction of sp³-hybridized carbons (Fsp3) is 0.519. The standard InChI is InChI=1S/C27H36N2O4/c1-5-8-10-11-12-16-33-24-14-13-21(18-25(24)32-7-3)17-22-20(4)23(19-28)27(31)29(26(22)30)15-9-6-2/h13-14,17-18H,5-12,15-16H2,1-4H3/b22-17+. The molecule has 1 aromatic rings. The monoisotopic (exact) mass is 452 g/mol. The van der Waals surface area contributed by atoms with Crippen LogP contribution in [0.5, 0.6) is 11.5 Å². The summed E-state index contributed by atoms with van der Waals surface area (Å²) >= 11 is 0. The number of imide groups is 1. The van der Waals surface area contributed by atoms with Crippen molar-refractivity contribution in [2.24, 2.45) is 0 Å². The summed E-state index contributed by atoms with van der Waals surface area (Å²) in [5.74, 6) is 0.414. The van der Waals surface area contributed by atoms with Gasteiger partial charge in [0, 0.05) is 12.1 Å². The number of carbonyl (C=O) groups is 2. The lowest BCUT2D eigenvalue weighted by atomic mass is 9.93. The molecule has 1 aliphatic heterocycles. The van der Waals surface area contributed by atoms with Gasteiger partial charge in [0.15, 0.2) is 11.5 Å². The smallest absolute Gasteiger partial charge is 0.271 e. The Balaban J connectivity index is 2.29. The minimum atomic E-state index is -0.511. The molecule has 0 unspecified atom stereocenters. The fourth-order valence-corrected chi connectivity index (χ4v) is 3.71. The van der Waals surface area contributed by atoms with E-state index < -0.39 is 5.91 Å². The van der Waals surface area contributed by atoms with E-state index in [4.69, 9.17) is 9.47 Å². The average Bonchev–Trinajstić information content (AvgIpc) is 2.80. The van der Waals surface area contributed by atoms with Crippen LogP contribution in [0.4, 0.5) is 0 Å². The number of nitrogens with zero attached hydrogens (tertiary/aromatic N) is 2. The Bertz CT molecular complexity index is 940. The van der Waals surface area contributed by atoms with E-state index in [1.165, 1.54) is 24.2 Å². The normalized spacial score (nSPS) is 15.2. The van der Waals surface area contributed by atoms with Gasteiger partial charge >= 0.3 is 0 Å². The van der Waals surface area contributed by atoms with Crippen LogP contribution in [0.15, 0.2) is 34.9 Å². The summed E-state index contributed by atoms with van der Waals surface area (Å²) in [5, 5.41) is 9.52. The van der Waals surface area contributed by atoms with Crippen LogP contribution in [-0.4, -0.2) is 36.5 Å². The second-order valence-corrected chi connectivity index (χ2v) is 8.19. The maximum atomic E-state index is 13.1. The molecular formula is C27H36N2O4. The average molecular weight is 453 g/mol. The van der Waals surface area contributed by atoms with Crippen molar-refractivity contribution in [3.8, 4) is 17.6 Å². The van der Waals surface area contributed by atoms with E-state index in [0.717, 1.165) is 24.8 Å². The van der Waals surface area contributed by atoms with Gasteiger partial charge < -0.3 is 9.47 Å². The molecule has 0 saturated heterocycles. The molecule has 1 aromatic carbocycles. The molecule has 6 heteroatoms. The van der Waals surface area contributed by atoms with Crippen LogP contribution in [-0.2, 0) is 9.59 Å². The first-order valence-electron chi connectivity index (χ1n) is 12.1. The Morgan fingerprint density at radius 2 is 1.67 bits per heavy atom. The first-order chi connectivity index (χ1) is 16.0. The van der Waals surface area contributed by atoms with Crippen LogP contribution >= 0.6 is 0 Å². The number of hydrogen-bond donors (Lipinski definition) is 0. The first kappa shape index (κ1) is 26.2. The Hall–Kier alpha value is -3.07. The van der Waals surface area contributed by atoms with Gasteiger partial charge in [-0.05, 0) is 56.0 Å². The molecule has 0 aliphatic carbocycles. The van der Waals surface area contributed by atoms with Crippen molar-refractivity contribution in [2.45, 2.75) is 72.6 Å². The Morgan fingerprint density at radius 1 is 0.939 bits per heavy atom. The molecule has 0 bridgehead atoms. The molecule has 0 aromatic heterocycles. The van der Waals surface area contributed by atoms with E-state index in [9.17, 15) is 14.9 Å². The molecule has 2 amide bonds. The topological polar surface area (TPSA) is 79.6 Å². The van der Waals surface area contributed by atoms with Gasteiger partial charge in [0.1, 0.15) is 11.6 Å². The van der Waals surface area contributed by atoms with Crippen molar-refractivity contribution in [1.29, 1.82) is 5.26 Å². The molecule has 1 aliphatic rings. The number of carbonyl (C=O) groups excluding carboxylic acids is 2. The highest BCUT2D eigenvalue weighted by Crippen LogP contribution is 2.32. The first-order valence-corrected chi connectivity index (χ1v) is 12.1. The van der Waals surface area contributed by atoms with Crippen molar-refractivity contribution in [2.75, 3.05) is 19.8 Å². The molecule has 1 heterocycles. The van der Waals surface area contributed by atoms with E-state index in [-0.39, 0.29) is 11.5 Å². The van der Waals surface area contributed by atoms with E-state index >= 15 is 0 Å². The largest absolute Gasteiger partial charge is 0.490 e. The number of unbranched alkanes of at least 4 members (excludes halogenated alkanes) is 5. The Morgan fingerprint density at radius 3 is 2.33 bits per heavy atom. The zero-order chi connectivity index (χ0) is 24.2. The van der Waals surface area contributed by atoms with Gasteiger partial charge in [0.2, 0.25) is 0 Å². The highest BCUT2D eigenvalue weighted by molar-refractivity contribution is 6.19. The van der Waals surface area contributed by atoms with Crippen LogP contribution in [0.3, 0.4) is 0 Å². The predicted molar refractivity (Wildman–Crippen MR) is 130 cm³/mol. The van der Waals surface area contributed by atoms with Crippen LogP contribution in [0.1, 0.15) is 78.2 Å². The summed E-state index contributed by atoms with van der Waals surface area (Å²) in [6, 6.07) is 7.53. The number of hydrogen-bond acceptors (Lipinski definition) is 5. The molecule has 33 heavy (non-hydrogen) atoms. The highest BCUT2D eigenvalue weighted by Gasteiger charge is 2.34. The summed E-state index contributed by atoms with van der Waals surface area (Å²) in [6.45, 7) is 9.17. The van der Waals surface area contributed by atoms with E-state index in [2.05, 4.69) is 6.92 Å². The summed E-state index contributed by atoms with van der Waals surface area (Å²) in [7, 11) is 0. The zero-order valence-corrected chi connectivity index (χ0v) is 20.4. The van der Waals surface area contributed by atoms with Gasteiger partial charge in [-0.3, -0.25) is 14.5 Å². The third-order valence-corrected chi connectivity index (χ3v) is 5.64. The maximum absolute atomic E-state index is 13.1. The molecule has 2 rings (SSSR count). The van der Waals surface area contributed by atoms with Gasteiger partial charge in [0.05, 0.1) is 13.2 Å². The summed E-state index contributed by atoms with van der Waals surface area (Å²) < 4.78 is 11.7. The summed E-state index contributed by atoms with van der Waals surface area (Å²) in [6.07, 6.45) is 9.07. The van der Waals surface area contributed by atoms with Crippen LogP contribution in [0.2, 0.25) is 0 Å². The van der Waals surface area contributed by atoms with Crippen LogP contribution < -0.4 is 9.47 Å². The molecule has 0 atom stereocenters. The lowest BCUT2D eigenvalue weighted by Gasteiger charge is -2.27. The Kier molecular flexibility index (Phi) is 10.7. The third kappa shape index (κ3) is 6.95. The minimum Gasteiger partial charge on any atom is -0.490 e. The Labute approximate surface area is 197 Å². The number of nitriles is 1. The van der Waals surface area contributed by atoms with E-state index in [0.29, 0.717) is 48.8 Å². The molecule has 178 valence electrons. The van der Waals surface area contributed by atoms with Gasteiger partial charge in [-0.15, -0.1) is 0 Å². The zero-order valence-electron chi connectivity index (χ0n) is 20.4. The van der Waals surface area contributed by atoms with Crippen molar-refractivity contribution >= 4 is 17.9 Å². The molecule has 0 saturated carbocycles. The second kappa shape index (κ2) is 13.5. The lowest BCUT2D eigenvalue weighted by Crippen LogP contribution is -2.43. The highest BCUT2D eigenvalue weighted by atomic mass is 16.5. The van der Waals surface area contributed by atoms with Crippen LogP contribution in [0.25, 0.3) is 6.08 Å².